The van der Waals surface area contributed by atoms with Crippen molar-refractivity contribution in [3.05, 3.63) is 28.2 Å². The van der Waals surface area contributed by atoms with E-state index >= 15 is 0 Å². The average molecular weight is 262 g/mol. The molecule has 1 N–H and O–H groups in total. The van der Waals surface area contributed by atoms with E-state index in [1.165, 1.54) is 0 Å². The van der Waals surface area contributed by atoms with Crippen molar-refractivity contribution >= 4 is 23.2 Å². The summed E-state index contributed by atoms with van der Waals surface area (Å²) in [5, 5.41) is 4.52. The minimum Gasteiger partial charge on any atom is -0.493 e. The zero-order valence-corrected chi connectivity index (χ0v) is 11.1. The molecule has 0 heterocycles. The molecule has 0 aromatic heterocycles. The Kier molecular flexibility index (Phi) is 5.96. The Labute approximate surface area is 107 Å². The van der Waals surface area contributed by atoms with Gasteiger partial charge in [-0.2, -0.15) is 0 Å². The summed E-state index contributed by atoms with van der Waals surface area (Å²) in [6.07, 6.45) is 0.961. The summed E-state index contributed by atoms with van der Waals surface area (Å²) in [5.41, 5.74) is 0. The summed E-state index contributed by atoms with van der Waals surface area (Å²) in [7, 11) is 0. The highest BCUT2D eigenvalue weighted by Crippen LogP contribution is 2.24. The van der Waals surface area contributed by atoms with E-state index in [2.05, 4.69) is 19.2 Å². The van der Waals surface area contributed by atoms with Crippen molar-refractivity contribution in [1.29, 1.82) is 0 Å². The molecule has 90 valence electrons. The lowest BCUT2D eigenvalue weighted by molar-refractivity contribution is 0.306. The van der Waals surface area contributed by atoms with Crippen molar-refractivity contribution < 1.29 is 4.74 Å². The molecule has 0 amide bonds. The molecule has 0 saturated heterocycles. The molecule has 0 spiro atoms. The molecule has 0 radical (unpaired) electrons. The van der Waals surface area contributed by atoms with Crippen LogP contribution < -0.4 is 10.1 Å². The third kappa shape index (κ3) is 5.59. The number of hydrogen-bond donors (Lipinski definition) is 1. The fraction of sp³-hybridized carbons (Fsp3) is 0.500. The minimum atomic E-state index is 0.514. The van der Waals surface area contributed by atoms with Crippen LogP contribution in [0.3, 0.4) is 0 Å². The molecular weight excluding hydrogens is 245 g/mol. The standard InChI is InChI=1S/C12H17Cl2NO/c1-9(2)15-4-3-5-16-12-7-10(13)6-11(14)8-12/h6-9,15H,3-5H2,1-2H3. The van der Waals surface area contributed by atoms with Gasteiger partial charge in [0, 0.05) is 16.1 Å². The average Bonchev–Trinajstić information content (AvgIpc) is 2.15. The van der Waals surface area contributed by atoms with Crippen LogP contribution in [0.4, 0.5) is 0 Å². The molecule has 0 saturated carbocycles. The lowest BCUT2D eigenvalue weighted by Gasteiger charge is -2.09. The Balaban J connectivity index is 2.26. The lowest BCUT2D eigenvalue weighted by Crippen LogP contribution is -2.24. The summed E-state index contributed by atoms with van der Waals surface area (Å²) in [5.74, 6) is 0.724. The van der Waals surface area contributed by atoms with Crippen LogP contribution in [0.2, 0.25) is 10.0 Å². The van der Waals surface area contributed by atoms with Gasteiger partial charge >= 0.3 is 0 Å². The van der Waals surface area contributed by atoms with Gasteiger partial charge in [-0.25, -0.2) is 0 Å². The van der Waals surface area contributed by atoms with E-state index in [0.717, 1.165) is 18.7 Å². The number of ether oxygens (including phenoxy) is 1. The molecule has 0 aliphatic carbocycles. The smallest absolute Gasteiger partial charge is 0.122 e. The summed E-state index contributed by atoms with van der Waals surface area (Å²) in [6.45, 7) is 5.86. The van der Waals surface area contributed by atoms with E-state index in [9.17, 15) is 0 Å². The number of nitrogens with one attached hydrogen (secondary N) is 1. The van der Waals surface area contributed by atoms with Crippen LogP contribution in [-0.2, 0) is 0 Å². The molecule has 0 unspecified atom stereocenters. The van der Waals surface area contributed by atoms with Crippen LogP contribution in [-0.4, -0.2) is 19.2 Å². The zero-order chi connectivity index (χ0) is 12.0. The topological polar surface area (TPSA) is 21.3 Å². The van der Waals surface area contributed by atoms with Crippen LogP contribution in [0.5, 0.6) is 5.75 Å². The minimum absolute atomic E-state index is 0.514. The van der Waals surface area contributed by atoms with Crippen molar-refractivity contribution in [2.75, 3.05) is 13.2 Å². The van der Waals surface area contributed by atoms with Crippen LogP contribution in [0.1, 0.15) is 20.3 Å². The number of benzene rings is 1. The third-order valence-electron chi connectivity index (χ3n) is 1.98. The van der Waals surface area contributed by atoms with E-state index in [1.807, 2.05) is 0 Å². The van der Waals surface area contributed by atoms with Gasteiger partial charge in [0.25, 0.3) is 0 Å². The molecule has 1 aromatic rings. The summed E-state index contributed by atoms with van der Waals surface area (Å²) in [6, 6.07) is 5.74. The maximum absolute atomic E-state index is 5.85. The first-order valence-corrected chi connectivity index (χ1v) is 6.16. The second-order valence-corrected chi connectivity index (χ2v) is 4.79. The molecule has 0 aliphatic heterocycles. The molecule has 2 nitrogen and oxygen atoms in total. The van der Waals surface area contributed by atoms with Gasteiger partial charge in [-0.3, -0.25) is 0 Å². The Hall–Kier alpha value is -0.440. The van der Waals surface area contributed by atoms with E-state index in [1.54, 1.807) is 18.2 Å². The Morgan fingerprint density at radius 2 is 1.81 bits per heavy atom. The molecule has 16 heavy (non-hydrogen) atoms. The molecule has 0 bridgehead atoms. The highest BCUT2D eigenvalue weighted by Gasteiger charge is 1.99. The second kappa shape index (κ2) is 7.00. The van der Waals surface area contributed by atoms with E-state index in [4.69, 9.17) is 27.9 Å². The third-order valence-corrected chi connectivity index (χ3v) is 2.41. The van der Waals surface area contributed by atoms with Gasteiger partial charge in [0.2, 0.25) is 0 Å². The van der Waals surface area contributed by atoms with Gasteiger partial charge in [0.05, 0.1) is 6.61 Å². The van der Waals surface area contributed by atoms with Crippen LogP contribution in [0.25, 0.3) is 0 Å². The molecule has 1 rings (SSSR count). The van der Waals surface area contributed by atoms with Gasteiger partial charge in [-0.15, -0.1) is 0 Å². The van der Waals surface area contributed by atoms with Gasteiger partial charge in [-0.05, 0) is 31.2 Å². The maximum atomic E-state index is 5.85. The van der Waals surface area contributed by atoms with Crippen molar-refractivity contribution in [3.8, 4) is 5.75 Å². The van der Waals surface area contributed by atoms with Crippen molar-refractivity contribution in [3.63, 3.8) is 0 Å². The fourth-order valence-electron chi connectivity index (χ4n) is 1.26. The quantitative estimate of drug-likeness (QED) is 0.788. The first-order valence-electron chi connectivity index (χ1n) is 5.40. The fourth-order valence-corrected chi connectivity index (χ4v) is 1.77. The van der Waals surface area contributed by atoms with E-state index < -0.39 is 0 Å². The van der Waals surface area contributed by atoms with Gasteiger partial charge in [0.15, 0.2) is 0 Å². The first kappa shape index (κ1) is 13.6. The molecular formula is C12H17Cl2NO. The Morgan fingerprint density at radius 3 is 2.38 bits per heavy atom. The first-order chi connectivity index (χ1) is 7.58. The van der Waals surface area contributed by atoms with Gasteiger partial charge < -0.3 is 10.1 Å². The molecule has 0 atom stereocenters. The number of halogens is 2. The SMILES string of the molecule is CC(C)NCCCOc1cc(Cl)cc(Cl)c1. The summed E-state index contributed by atoms with van der Waals surface area (Å²) >= 11 is 11.7. The van der Waals surface area contributed by atoms with E-state index in [0.29, 0.717) is 22.7 Å². The summed E-state index contributed by atoms with van der Waals surface area (Å²) < 4.78 is 5.54. The van der Waals surface area contributed by atoms with Crippen LogP contribution in [0, 0.1) is 0 Å². The Bertz CT molecular complexity index is 309. The van der Waals surface area contributed by atoms with Gasteiger partial charge in [-0.1, -0.05) is 37.0 Å². The molecule has 4 heteroatoms. The van der Waals surface area contributed by atoms with Crippen molar-refractivity contribution in [2.24, 2.45) is 0 Å². The van der Waals surface area contributed by atoms with Gasteiger partial charge in [0.1, 0.15) is 5.75 Å². The molecule has 0 fully saturated rings. The normalized spacial score (nSPS) is 10.8. The predicted octanol–water partition coefficient (Wildman–Crippen LogP) is 3.76. The number of rotatable bonds is 6. The zero-order valence-electron chi connectivity index (χ0n) is 9.59. The van der Waals surface area contributed by atoms with Crippen molar-refractivity contribution in [1.82, 2.24) is 5.32 Å². The molecule has 0 aliphatic rings. The highest BCUT2D eigenvalue weighted by atomic mass is 35.5. The largest absolute Gasteiger partial charge is 0.493 e. The number of hydrogen-bond acceptors (Lipinski definition) is 2. The summed E-state index contributed by atoms with van der Waals surface area (Å²) in [4.78, 5) is 0. The van der Waals surface area contributed by atoms with Crippen LogP contribution in [0.15, 0.2) is 18.2 Å². The predicted molar refractivity (Wildman–Crippen MR) is 69.7 cm³/mol. The highest BCUT2D eigenvalue weighted by molar-refractivity contribution is 6.34. The van der Waals surface area contributed by atoms with Crippen molar-refractivity contribution in [2.45, 2.75) is 26.3 Å². The monoisotopic (exact) mass is 261 g/mol. The van der Waals surface area contributed by atoms with Crippen LogP contribution >= 0.6 is 23.2 Å². The van der Waals surface area contributed by atoms with E-state index in [-0.39, 0.29) is 0 Å². The Morgan fingerprint density at radius 1 is 1.19 bits per heavy atom. The lowest BCUT2D eigenvalue weighted by atomic mass is 10.3. The maximum Gasteiger partial charge on any atom is 0.122 e. The molecule has 1 aromatic carbocycles. The second-order valence-electron chi connectivity index (χ2n) is 3.92.